The van der Waals surface area contributed by atoms with Crippen molar-refractivity contribution in [2.24, 2.45) is 5.73 Å². The minimum Gasteiger partial charge on any atom is -0.378 e. The number of nitrogens with zero attached hydrogens (tertiary/aromatic N) is 1. The van der Waals surface area contributed by atoms with Crippen molar-refractivity contribution in [3.8, 4) is 0 Å². The summed E-state index contributed by atoms with van der Waals surface area (Å²) in [5.41, 5.74) is 6.40. The molecule has 1 aromatic rings. The van der Waals surface area contributed by atoms with Crippen LogP contribution >= 0.6 is 0 Å². The number of anilines is 1. The number of rotatable bonds is 7. The fourth-order valence-electron chi connectivity index (χ4n) is 1.63. The molecule has 0 aliphatic heterocycles. The first-order valence-corrected chi connectivity index (χ1v) is 6.55. The predicted octanol–water partition coefficient (Wildman–Crippen LogP) is 1.49. The highest BCUT2D eigenvalue weighted by Gasteiger charge is 2.16. The number of nitro groups is 1. The lowest BCUT2D eigenvalue weighted by molar-refractivity contribution is -0.384. The van der Waals surface area contributed by atoms with Gasteiger partial charge in [0.25, 0.3) is 11.6 Å². The number of nitrogens with two attached hydrogens (primary N) is 1. The van der Waals surface area contributed by atoms with Crippen molar-refractivity contribution in [3.63, 3.8) is 0 Å². The molecule has 0 spiro atoms. The molecule has 1 aromatic carbocycles. The molecule has 0 aliphatic rings. The molecule has 1 rings (SSSR count). The second-order valence-corrected chi connectivity index (χ2v) is 4.40. The SMILES string of the molecule is CCNC(=O)c1ccc([N+](=O)[O-])c(NCC(N)CC)c1. The summed E-state index contributed by atoms with van der Waals surface area (Å²) >= 11 is 0. The first-order chi connectivity index (χ1) is 9.49. The van der Waals surface area contributed by atoms with Crippen molar-refractivity contribution >= 4 is 17.3 Å². The lowest BCUT2D eigenvalue weighted by Gasteiger charge is -2.12. The molecule has 1 amide bonds. The molecule has 4 N–H and O–H groups in total. The van der Waals surface area contributed by atoms with Crippen LogP contribution in [0.25, 0.3) is 0 Å². The molecule has 0 fully saturated rings. The topological polar surface area (TPSA) is 110 Å². The number of hydrogen-bond acceptors (Lipinski definition) is 5. The third kappa shape index (κ3) is 4.20. The molecule has 7 nitrogen and oxygen atoms in total. The number of amides is 1. The number of carbonyl (C=O) groups is 1. The molecular formula is C13H20N4O3. The van der Waals surface area contributed by atoms with Gasteiger partial charge in [0.15, 0.2) is 0 Å². The Morgan fingerprint density at radius 1 is 1.45 bits per heavy atom. The van der Waals surface area contributed by atoms with E-state index in [1.54, 1.807) is 0 Å². The van der Waals surface area contributed by atoms with Gasteiger partial charge in [0.2, 0.25) is 0 Å². The Bertz CT molecular complexity index is 491. The maximum absolute atomic E-state index is 11.7. The van der Waals surface area contributed by atoms with Gasteiger partial charge in [-0.2, -0.15) is 0 Å². The van der Waals surface area contributed by atoms with E-state index in [9.17, 15) is 14.9 Å². The molecule has 0 saturated heterocycles. The largest absolute Gasteiger partial charge is 0.378 e. The van der Waals surface area contributed by atoms with E-state index in [4.69, 9.17) is 5.73 Å². The summed E-state index contributed by atoms with van der Waals surface area (Å²) in [7, 11) is 0. The van der Waals surface area contributed by atoms with Crippen LogP contribution in [0, 0.1) is 10.1 Å². The summed E-state index contributed by atoms with van der Waals surface area (Å²) in [5, 5.41) is 16.6. The van der Waals surface area contributed by atoms with Gasteiger partial charge in [0.05, 0.1) is 4.92 Å². The quantitative estimate of drug-likeness (QED) is 0.517. The van der Waals surface area contributed by atoms with Crippen LogP contribution in [0.3, 0.4) is 0 Å². The van der Waals surface area contributed by atoms with Crippen LogP contribution in [0.15, 0.2) is 18.2 Å². The van der Waals surface area contributed by atoms with Crippen LogP contribution in [0.5, 0.6) is 0 Å². The van der Waals surface area contributed by atoms with Crippen LogP contribution in [-0.4, -0.2) is 30.0 Å². The van der Waals surface area contributed by atoms with Gasteiger partial charge in [0, 0.05) is 30.8 Å². The molecule has 110 valence electrons. The molecule has 1 unspecified atom stereocenters. The van der Waals surface area contributed by atoms with E-state index < -0.39 is 4.92 Å². The van der Waals surface area contributed by atoms with E-state index in [2.05, 4.69) is 10.6 Å². The minimum absolute atomic E-state index is 0.0682. The van der Waals surface area contributed by atoms with E-state index >= 15 is 0 Å². The summed E-state index contributed by atoms with van der Waals surface area (Å²) in [6.07, 6.45) is 0.761. The molecule has 0 bridgehead atoms. The van der Waals surface area contributed by atoms with E-state index in [-0.39, 0.29) is 17.6 Å². The summed E-state index contributed by atoms with van der Waals surface area (Å²) in [6.45, 7) is 4.66. The van der Waals surface area contributed by atoms with Crippen LogP contribution in [0.2, 0.25) is 0 Å². The summed E-state index contributed by atoms with van der Waals surface area (Å²) < 4.78 is 0. The van der Waals surface area contributed by atoms with Crippen LogP contribution in [0.4, 0.5) is 11.4 Å². The van der Waals surface area contributed by atoms with Crippen molar-refractivity contribution in [2.45, 2.75) is 26.3 Å². The third-order valence-electron chi connectivity index (χ3n) is 2.87. The van der Waals surface area contributed by atoms with Gasteiger partial charge in [-0.05, 0) is 25.5 Å². The predicted molar refractivity (Wildman–Crippen MR) is 77.9 cm³/mol. The highest BCUT2D eigenvalue weighted by molar-refractivity contribution is 5.95. The van der Waals surface area contributed by atoms with Crippen molar-refractivity contribution < 1.29 is 9.72 Å². The standard InChI is InChI=1S/C13H20N4O3/c1-3-10(14)8-16-11-7-9(13(18)15-4-2)5-6-12(11)17(19)20/h5-7,10,16H,3-4,8,14H2,1-2H3,(H,15,18). The fraction of sp³-hybridized carbons (Fsp3) is 0.462. The number of nitro benzene ring substituents is 1. The normalized spacial score (nSPS) is 11.8. The Kier molecular flexibility index (Phi) is 5.92. The zero-order valence-corrected chi connectivity index (χ0v) is 11.7. The Morgan fingerprint density at radius 3 is 2.70 bits per heavy atom. The van der Waals surface area contributed by atoms with Gasteiger partial charge in [-0.25, -0.2) is 0 Å². The van der Waals surface area contributed by atoms with Crippen molar-refractivity contribution in [1.29, 1.82) is 0 Å². The average molecular weight is 280 g/mol. The lowest BCUT2D eigenvalue weighted by Crippen LogP contribution is -2.28. The van der Waals surface area contributed by atoms with E-state index in [1.807, 2.05) is 13.8 Å². The zero-order chi connectivity index (χ0) is 15.1. The van der Waals surface area contributed by atoms with Gasteiger partial charge in [-0.3, -0.25) is 14.9 Å². The van der Waals surface area contributed by atoms with Crippen LogP contribution < -0.4 is 16.4 Å². The fourth-order valence-corrected chi connectivity index (χ4v) is 1.63. The lowest BCUT2D eigenvalue weighted by atomic mass is 10.1. The van der Waals surface area contributed by atoms with E-state index in [0.717, 1.165) is 6.42 Å². The number of carbonyl (C=O) groups excluding carboxylic acids is 1. The third-order valence-corrected chi connectivity index (χ3v) is 2.87. The number of nitrogens with one attached hydrogen (secondary N) is 2. The van der Waals surface area contributed by atoms with Crippen LogP contribution in [-0.2, 0) is 0 Å². The van der Waals surface area contributed by atoms with Gasteiger partial charge in [0.1, 0.15) is 5.69 Å². The van der Waals surface area contributed by atoms with Crippen LogP contribution in [0.1, 0.15) is 30.6 Å². The van der Waals surface area contributed by atoms with Gasteiger partial charge < -0.3 is 16.4 Å². The summed E-state index contributed by atoms with van der Waals surface area (Å²) in [5.74, 6) is -0.259. The first-order valence-electron chi connectivity index (χ1n) is 6.55. The average Bonchev–Trinajstić information content (AvgIpc) is 2.44. The second-order valence-electron chi connectivity index (χ2n) is 4.40. The molecule has 0 radical (unpaired) electrons. The van der Waals surface area contributed by atoms with Crippen molar-refractivity contribution in [3.05, 3.63) is 33.9 Å². The number of hydrogen-bond donors (Lipinski definition) is 3. The van der Waals surface area contributed by atoms with Gasteiger partial charge in [-0.15, -0.1) is 0 Å². The molecule has 1 atom stereocenters. The Hall–Kier alpha value is -2.15. The molecule has 0 aliphatic carbocycles. The summed E-state index contributed by atoms with van der Waals surface area (Å²) in [6, 6.07) is 4.15. The highest BCUT2D eigenvalue weighted by atomic mass is 16.6. The van der Waals surface area contributed by atoms with E-state index in [1.165, 1.54) is 18.2 Å². The second kappa shape index (κ2) is 7.44. The maximum atomic E-state index is 11.7. The van der Waals surface area contributed by atoms with Gasteiger partial charge >= 0.3 is 0 Å². The van der Waals surface area contributed by atoms with Crippen molar-refractivity contribution in [1.82, 2.24) is 5.32 Å². The smallest absolute Gasteiger partial charge is 0.292 e. The molecule has 20 heavy (non-hydrogen) atoms. The molecule has 0 aromatic heterocycles. The van der Waals surface area contributed by atoms with Crippen molar-refractivity contribution in [2.75, 3.05) is 18.4 Å². The Balaban J connectivity index is 2.99. The maximum Gasteiger partial charge on any atom is 0.292 e. The highest BCUT2D eigenvalue weighted by Crippen LogP contribution is 2.25. The number of benzene rings is 1. The molecule has 7 heteroatoms. The van der Waals surface area contributed by atoms with E-state index in [0.29, 0.717) is 24.3 Å². The molecule has 0 heterocycles. The van der Waals surface area contributed by atoms with Gasteiger partial charge in [-0.1, -0.05) is 6.92 Å². The summed E-state index contributed by atoms with van der Waals surface area (Å²) in [4.78, 5) is 22.2. The monoisotopic (exact) mass is 280 g/mol. The molecule has 0 saturated carbocycles. The molecular weight excluding hydrogens is 260 g/mol. The zero-order valence-electron chi connectivity index (χ0n) is 11.7. The Labute approximate surface area is 117 Å². The Morgan fingerprint density at radius 2 is 2.15 bits per heavy atom. The minimum atomic E-state index is -0.485. The first kappa shape index (κ1) is 15.9.